The van der Waals surface area contributed by atoms with Crippen LogP contribution in [0.15, 0.2) is 191 Å². The molecule has 10 aromatic carbocycles. The molecule has 0 spiro atoms. The molecule has 54 heavy (non-hydrogen) atoms. The van der Waals surface area contributed by atoms with Gasteiger partial charge in [-0.2, -0.15) is 0 Å². The van der Waals surface area contributed by atoms with Gasteiger partial charge in [-0.25, -0.2) is 0 Å². The second-order valence-electron chi connectivity index (χ2n) is 14.3. The molecule has 2 nitrogen and oxygen atoms in total. The lowest BCUT2D eigenvalue weighted by Gasteiger charge is -2.20. The van der Waals surface area contributed by atoms with Gasteiger partial charge in [-0.1, -0.05) is 164 Å². The zero-order valence-corrected chi connectivity index (χ0v) is 29.1. The maximum absolute atomic E-state index is 6.64. The van der Waals surface area contributed by atoms with Crippen LogP contribution in [-0.4, -0.2) is 0 Å². The van der Waals surface area contributed by atoms with E-state index in [0.717, 1.165) is 49.4 Å². The summed E-state index contributed by atoms with van der Waals surface area (Å²) in [6.45, 7) is 0. The van der Waals surface area contributed by atoms with Crippen LogP contribution in [0.2, 0.25) is 0 Å². The van der Waals surface area contributed by atoms with Crippen LogP contribution in [0, 0.1) is 0 Å². The summed E-state index contributed by atoms with van der Waals surface area (Å²) in [7, 11) is 0. The van der Waals surface area contributed by atoms with Crippen molar-refractivity contribution in [3.63, 3.8) is 0 Å². The highest BCUT2D eigenvalue weighted by molar-refractivity contribution is 6.28. The Morgan fingerprint density at radius 1 is 0.259 bits per heavy atom. The highest BCUT2D eigenvalue weighted by Crippen LogP contribution is 2.50. The standard InChI is InChI=1S/C52H30O2/c1-2-16-32-31(14-1)15-13-25-37(32)48-38-20-5-7-22-40(38)49(41-23-8-6-21-39(41)48)42-29-28-35(33-17-3-4-18-34(33)42)44-30-45-36-19-9-11-26-46(36)53-51(45)52-50(44)43-24-10-12-27-47(43)54-52/h1-30H. The van der Waals surface area contributed by atoms with Crippen LogP contribution >= 0.6 is 0 Å². The molecule has 250 valence electrons. The first-order valence-electron chi connectivity index (χ1n) is 18.5. The molecule has 0 saturated heterocycles. The molecular weight excluding hydrogens is 657 g/mol. The normalized spacial score (nSPS) is 12.1. The van der Waals surface area contributed by atoms with Gasteiger partial charge < -0.3 is 8.83 Å². The van der Waals surface area contributed by atoms with E-state index in [9.17, 15) is 0 Å². The number of fused-ring (bicyclic) bond motifs is 11. The molecular formula is C52H30O2. The minimum absolute atomic E-state index is 0.786. The van der Waals surface area contributed by atoms with Gasteiger partial charge in [-0.15, -0.1) is 0 Å². The summed E-state index contributed by atoms with van der Waals surface area (Å²) in [5.41, 5.74) is 10.6. The van der Waals surface area contributed by atoms with Crippen LogP contribution in [0.1, 0.15) is 0 Å². The number of rotatable bonds is 3. The van der Waals surface area contributed by atoms with Crippen molar-refractivity contribution in [2.24, 2.45) is 0 Å². The van der Waals surface area contributed by atoms with Gasteiger partial charge in [0.2, 0.25) is 0 Å². The van der Waals surface area contributed by atoms with Crippen LogP contribution in [0.5, 0.6) is 0 Å². The predicted molar refractivity (Wildman–Crippen MR) is 227 cm³/mol. The maximum Gasteiger partial charge on any atom is 0.179 e. The van der Waals surface area contributed by atoms with E-state index in [4.69, 9.17) is 8.83 Å². The quantitative estimate of drug-likeness (QED) is 0.173. The Balaban J connectivity index is 1.19. The van der Waals surface area contributed by atoms with Gasteiger partial charge in [0.15, 0.2) is 11.2 Å². The summed E-state index contributed by atoms with van der Waals surface area (Å²) >= 11 is 0. The summed E-state index contributed by atoms with van der Waals surface area (Å²) < 4.78 is 13.1. The van der Waals surface area contributed by atoms with Crippen LogP contribution in [0.4, 0.5) is 0 Å². The zero-order valence-electron chi connectivity index (χ0n) is 29.1. The first-order chi connectivity index (χ1) is 26.8. The third kappa shape index (κ3) is 4.05. The zero-order chi connectivity index (χ0) is 35.3. The van der Waals surface area contributed by atoms with Gasteiger partial charge in [0.25, 0.3) is 0 Å². The number of hydrogen-bond donors (Lipinski definition) is 0. The Bertz CT molecular complexity index is 3440. The van der Waals surface area contributed by atoms with Crippen LogP contribution in [-0.2, 0) is 0 Å². The number of furan rings is 2. The number of hydrogen-bond acceptors (Lipinski definition) is 2. The Kier molecular flexibility index (Phi) is 6.09. The van der Waals surface area contributed by atoms with Gasteiger partial charge in [0.1, 0.15) is 11.2 Å². The van der Waals surface area contributed by atoms with Crippen molar-refractivity contribution < 1.29 is 8.83 Å². The molecule has 12 rings (SSSR count). The van der Waals surface area contributed by atoms with Gasteiger partial charge in [0, 0.05) is 21.5 Å². The third-order valence-electron chi connectivity index (χ3n) is 11.5. The van der Waals surface area contributed by atoms with Crippen LogP contribution < -0.4 is 0 Å². The lowest BCUT2D eigenvalue weighted by atomic mass is 9.83. The summed E-state index contributed by atoms with van der Waals surface area (Å²) in [6, 6.07) is 65.7. The van der Waals surface area contributed by atoms with Gasteiger partial charge in [-0.3, -0.25) is 0 Å². The number of para-hydroxylation sites is 2. The Labute approximate surface area is 310 Å². The fourth-order valence-corrected chi connectivity index (χ4v) is 9.18. The highest BCUT2D eigenvalue weighted by Gasteiger charge is 2.23. The molecule has 0 aliphatic rings. The second-order valence-corrected chi connectivity index (χ2v) is 14.3. The van der Waals surface area contributed by atoms with E-state index in [1.807, 2.05) is 24.3 Å². The second kappa shape index (κ2) is 11.2. The molecule has 0 radical (unpaired) electrons. The van der Waals surface area contributed by atoms with Gasteiger partial charge >= 0.3 is 0 Å². The lowest BCUT2D eigenvalue weighted by molar-refractivity contribution is 0.633. The predicted octanol–water partition coefficient (Wildman–Crippen LogP) is 15.1. The first-order valence-corrected chi connectivity index (χ1v) is 18.5. The molecule has 0 saturated carbocycles. The highest BCUT2D eigenvalue weighted by atomic mass is 16.4. The van der Waals surface area contributed by atoms with Crippen molar-refractivity contribution in [3.8, 4) is 33.4 Å². The topological polar surface area (TPSA) is 26.3 Å². The minimum atomic E-state index is 0.786. The lowest BCUT2D eigenvalue weighted by Crippen LogP contribution is -1.93. The molecule has 2 heterocycles. The summed E-state index contributed by atoms with van der Waals surface area (Å²) in [4.78, 5) is 0. The van der Waals surface area contributed by atoms with E-state index in [1.54, 1.807) is 0 Å². The van der Waals surface area contributed by atoms with E-state index < -0.39 is 0 Å². The molecule has 0 aliphatic heterocycles. The monoisotopic (exact) mass is 686 g/mol. The largest absolute Gasteiger partial charge is 0.452 e. The van der Waals surface area contributed by atoms with Crippen molar-refractivity contribution in [1.29, 1.82) is 0 Å². The van der Waals surface area contributed by atoms with Gasteiger partial charge in [-0.05, 0) is 94.7 Å². The average molecular weight is 687 g/mol. The smallest absolute Gasteiger partial charge is 0.179 e. The van der Waals surface area contributed by atoms with Crippen molar-refractivity contribution in [3.05, 3.63) is 182 Å². The van der Waals surface area contributed by atoms with E-state index in [1.165, 1.54) is 70.9 Å². The number of benzene rings is 10. The van der Waals surface area contributed by atoms with Crippen molar-refractivity contribution in [1.82, 2.24) is 0 Å². The minimum Gasteiger partial charge on any atom is -0.452 e. The van der Waals surface area contributed by atoms with Crippen molar-refractivity contribution >= 4 is 87.0 Å². The molecule has 0 atom stereocenters. The van der Waals surface area contributed by atoms with E-state index >= 15 is 0 Å². The Morgan fingerprint density at radius 2 is 0.704 bits per heavy atom. The summed E-state index contributed by atoms with van der Waals surface area (Å²) in [6.07, 6.45) is 0. The Hall–Kier alpha value is -7.16. The molecule has 0 aliphatic carbocycles. The van der Waals surface area contributed by atoms with Crippen molar-refractivity contribution in [2.75, 3.05) is 0 Å². The molecule has 2 aromatic heterocycles. The maximum atomic E-state index is 6.64. The molecule has 0 unspecified atom stereocenters. The molecule has 12 aromatic rings. The fourth-order valence-electron chi connectivity index (χ4n) is 9.18. The molecule has 0 bridgehead atoms. The van der Waals surface area contributed by atoms with Crippen LogP contribution in [0.3, 0.4) is 0 Å². The van der Waals surface area contributed by atoms with E-state index in [0.29, 0.717) is 0 Å². The average Bonchev–Trinajstić information content (AvgIpc) is 3.81. The fraction of sp³-hybridized carbons (Fsp3) is 0. The summed E-state index contributed by atoms with van der Waals surface area (Å²) in [5, 5.41) is 14.2. The van der Waals surface area contributed by atoms with Gasteiger partial charge in [0.05, 0.1) is 0 Å². The van der Waals surface area contributed by atoms with Crippen molar-refractivity contribution in [2.45, 2.75) is 0 Å². The third-order valence-corrected chi connectivity index (χ3v) is 11.5. The SMILES string of the molecule is c1ccc2c(-c3c4ccccc4c(-c4ccc(-c5cc6c7ccccc7oc6c6oc7ccccc7c56)c5ccccc45)c4ccccc34)cccc2c1. The molecule has 0 amide bonds. The van der Waals surface area contributed by atoms with E-state index in [-0.39, 0.29) is 0 Å². The van der Waals surface area contributed by atoms with E-state index in [2.05, 4.69) is 158 Å². The molecule has 2 heteroatoms. The molecule has 0 fully saturated rings. The Morgan fingerprint density at radius 3 is 1.37 bits per heavy atom. The van der Waals surface area contributed by atoms with Crippen LogP contribution in [0.25, 0.3) is 120 Å². The summed E-state index contributed by atoms with van der Waals surface area (Å²) in [5.74, 6) is 0. The molecule has 0 N–H and O–H groups in total. The first kappa shape index (κ1) is 29.4.